The molecule has 8 nitrogen and oxygen atoms in total. The monoisotopic (exact) mass is 444 g/mol. The zero-order chi connectivity index (χ0) is 22.5. The third-order valence-electron chi connectivity index (χ3n) is 5.95. The third-order valence-corrected chi connectivity index (χ3v) is 5.95. The van der Waals surface area contributed by atoms with Crippen molar-refractivity contribution in [3.8, 4) is 0 Å². The van der Waals surface area contributed by atoms with Crippen LogP contribution in [0, 0.1) is 0 Å². The molecule has 32 heavy (non-hydrogen) atoms. The number of imidazole rings is 1. The highest BCUT2D eigenvalue weighted by atomic mass is 19.4. The molecule has 0 spiro atoms. The van der Waals surface area contributed by atoms with E-state index in [2.05, 4.69) is 25.6 Å². The number of hydrogen-bond acceptors (Lipinski definition) is 5. The summed E-state index contributed by atoms with van der Waals surface area (Å²) in [5.74, 6) is -1.16. The Balaban J connectivity index is 1.45. The molecule has 2 aliphatic rings. The standard InChI is InChI=1S/C21H19F3N6O2/c22-21(23,24)14-3-1-2-12(8-14)13-4-6-29(11-13)17-9-16(28-30-7-5-25-18(17)30)15-10-26-20(32)27-19(15)31/h1-3,5,7-9,13,15H,4,6,10-11H2,(H2,26,27,31,32). The molecule has 2 unspecified atom stereocenters. The molecule has 5 rings (SSSR count). The quantitative estimate of drug-likeness (QED) is 0.648. The van der Waals surface area contributed by atoms with Crippen LogP contribution in [0.25, 0.3) is 5.65 Å². The summed E-state index contributed by atoms with van der Waals surface area (Å²) in [5.41, 5.74) is 1.81. The average molecular weight is 444 g/mol. The summed E-state index contributed by atoms with van der Waals surface area (Å²) >= 11 is 0. The number of carbonyl (C=O) groups is 2. The number of rotatable bonds is 3. The fourth-order valence-electron chi connectivity index (χ4n) is 4.31. The van der Waals surface area contributed by atoms with Gasteiger partial charge < -0.3 is 10.2 Å². The highest BCUT2D eigenvalue weighted by Crippen LogP contribution is 2.36. The number of aromatic nitrogens is 3. The molecule has 0 aliphatic carbocycles. The van der Waals surface area contributed by atoms with Crippen LogP contribution in [0.15, 0.2) is 42.7 Å². The van der Waals surface area contributed by atoms with Gasteiger partial charge in [-0.3, -0.25) is 10.1 Å². The molecule has 1 aromatic carbocycles. The van der Waals surface area contributed by atoms with Crippen molar-refractivity contribution in [2.75, 3.05) is 24.5 Å². The number of halogens is 3. The highest BCUT2D eigenvalue weighted by Gasteiger charge is 2.34. The van der Waals surface area contributed by atoms with Gasteiger partial charge in [0.05, 0.1) is 22.9 Å². The second kappa shape index (κ2) is 7.50. The van der Waals surface area contributed by atoms with Crippen molar-refractivity contribution in [1.29, 1.82) is 0 Å². The smallest absolute Gasteiger partial charge is 0.368 e. The van der Waals surface area contributed by atoms with Crippen molar-refractivity contribution in [1.82, 2.24) is 25.2 Å². The van der Waals surface area contributed by atoms with Crippen molar-refractivity contribution in [2.24, 2.45) is 0 Å². The average Bonchev–Trinajstić information content (AvgIpc) is 3.42. The Morgan fingerprint density at radius 2 is 2.00 bits per heavy atom. The molecule has 3 amide bonds. The summed E-state index contributed by atoms with van der Waals surface area (Å²) in [6.07, 6.45) is -0.432. The maximum absolute atomic E-state index is 13.1. The Bertz CT molecular complexity index is 1210. The van der Waals surface area contributed by atoms with Gasteiger partial charge in [0, 0.05) is 37.9 Å². The molecule has 2 fully saturated rings. The van der Waals surface area contributed by atoms with Crippen LogP contribution in [0.2, 0.25) is 0 Å². The van der Waals surface area contributed by atoms with E-state index in [1.165, 1.54) is 12.1 Å². The summed E-state index contributed by atoms with van der Waals surface area (Å²) in [4.78, 5) is 30.1. The molecule has 166 valence electrons. The predicted molar refractivity (Wildman–Crippen MR) is 108 cm³/mol. The fourth-order valence-corrected chi connectivity index (χ4v) is 4.31. The molecule has 2 N–H and O–H groups in total. The molecule has 2 aliphatic heterocycles. The lowest BCUT2D eigenvalue weighted by atomic mass is 9.96. The SMILES string of the molecule is O=C1NCC(c2cc(N3CCC(c4cccc(C(F)(F)F)c4)C3)c3nccn3n2)C(=O)N1. The molecule has 3 aromatic rings. The van der Waals surface area contributed by atoms with Crippen LogP contribution < -0.4 is 15.5 Å². The Kier molecular flexibility index (Phi) is 4.75. The zero-order valence-electron chi connectivity index (χ0n) is 16.8. The lowest BCUT2D eigenvalue weighted by Gasteiger charge is -2.24. The molecule has 2 aromatic heterocycles. The summed E-state index contributed by atoms with van der Waals surface area (Å²) in [7, 11) is 0. The van der Waals surface area contributed by atoms with E-state index in [-0.39, 0.29) is 12.5 Å². The Labute approximate surface area is 180 Å². The molecular formula is C21H19F3N6O2. The molecule has 0 bridgehead atoms. The number of nitrogens with zero attached hydrogens (tertiary/aromatic N) is 4. The Hall–Kier alpha value is -3.63. The van der Waals surface area contributed by atoms with Gasteiger partial charge >= 0.3 is 12.2 Å². The molecule has 0 saturated carbocycles. The molecule has 2 atom stereocenters. The normalized spacial score (nSPS) is 21.7. The highest BCUT2D eigenvalue weighted by molar-refractivity contribution is 6.00. The molecule has 11 heteroatoms. The minimum Gasteiger partial charge on any atom is -0.368 e. The van der Waals surface area contributed by atoms with Gasteiger partial charge in [0.15, 0.2) is 5.65 Å². The Morgan fingerprint density at radius 3 is 2.78 bits per heavy atom. The van der Waals surface area contributed by atoms with E-state index in [0.29, 0.717) is 36.4 Å². The number of amides is 3. The van der Waals surface area contributed by atoms with Crippen molar-refractivity contribution in [2.45, 2.75) is 24.4 Å². The number of alkyl halides is 3. The summed E-state index contributed by atoms with van der Waals surface area (Å²) in [6.45, 7) is 1.27. The number of nitrogens with one attached hydrogen (secondary N) is 2. The van der Waals surface area contributed by atoms with Gasteiger partial charge in [0.25, 0.3) is 0 Å². The van der Waals surface area contributed by atoms with E-state index in [4.69, 9.17) is 0 Å². The van der Waals surface area contributed by atoms with Gasteiger partial charge in [-0.25, -0.2) is 14.3 Å². The molecule has 2 saturated heterocycles. The third kappa shape index (κ3) is 3.63. The van der Waals surface area contributed by atoms with Crippen LogP contribution in [-0.4, -0.2) is 46.2 Å². The van der Waals surface area contributed by atoms with Crippen molar-refractivity contribution < 1.29 is 22.8 Å². The number of urea groups is 1. The van der Waals surface area contributed by atoms with Crippen molar-refractivity contribution >= 4 is 23.3 Å². The van der Waals surface area contributed by atoms with Crippen LogP contribution in [0.1, 0.15) is 35.1 Å². The maximum Gasteiger partial charge on any atom is 0.416 e. The summed E-state index contributed by atoms with van der Waals surface area (Å²) in [5, 5.41) is 9.31. The lowest BCUT2D eigenvalue weighted by Crippen LogP contribution is -2.51. The first-order valence-corrected chi connectivity index (χ1v) is 10.1. The number of benzene rings is 1. The lowest BCUT2D eigenvalue weighted by molar-refractivity contribution is -0.137. The summed E-state index contributed by atoms with van der Waals surface area (Å²) < 4.78 is 41.0. The topological polar surface area (TPSA) is 91.6 Å². The Morgan fingerprint density at radius 1 is 1.16 bits per heavy atom. The van der Waals surface area contributed by atoms with E-state index in [1.54, 1.807) is 29.0 Å². The van der Waals surface area contributed by atoms with E-state index in [0.717, 1.165) is 11.8 Å². The van der Waals surface area contributed by atoms with E-state index in [1.807, 2.05) is 0 Å². The van der Waals surface area contributed by atoms with E-state index < -0.39 is 29.6 Å². The minimum absolute atomic E-state index is 0.0683. The van der Waals surface area contributed by atoms with Gasteiger partial charge in [-0.15, -0.1) is 0 Å². The number of fused-ring (bicyclic) bond motifs is 1. The van der Waals surface area contributed by atoms with Crippen LogP contribution in [0.5, 0.6) is 0 Å². The van der Waals surface area contributed by atoms with Gasteiger partial charge in [-0.05, 0) is 24.1 Å². The first kappa shape index (κ1) is 20.3. The first-order chi connectivity index (χ1) is 15.3. The minimum atomic E-state index is -4.38. The van der Waals surface area contributed by atoms with E-state index in [9.17, 15) is 22.8 Å². The second-order valence-corrected chi connectivity index (χ2v) is 7.96. The molecule has 4 heterocycles. The molecule has 0 radical (unpaired) electrons. The zero-order valence-corrected chi connectivity index (χ0v) is 16.8. The number of carbonyl (C=O) groups excluding carboxylic acids is 2. The predicted octanol–water partition coefficient (Wildman–Crippen LogP) is 2.67. The number of hydrogen-bond donors (Lipinski definition) is 2. The van der Waals surface area contributed by atoms with Gasteiger partial charge in [0.1, 0.15) is 0 Å². The van der Waals surface area contributed by atoms with Crippen LogP contribution in [0.3, 0.4) is 0 Å². The van der Waals surface area contributed by atoms with Crippen molar-refractivity contribution in [3.63, 3.8) is 0 Å². The largest absolute Gasteiger partial charge is 0.416 e. The second-order valence-electron chi connectivity index (χ2n) is 7.96. The van der Waals surface area contributed by atoms with Crippen LogP contribution in [0.4, 0.5) is 23.7 Å². The van der Waals surface area contributed by atoms with Crippen LogP contribution in [-0.2, 0) is 11.0 Å². The fraction of sp³-hybridized carbons (Fsp3) is 0.333. The maximum atomic E-state index is 13.1. The van der Waals surface area contributed by atoms with Gasteiger partial charge in [-0.1, -0.05) is 18.2 Å². The first-order valence-electron chi connectivity index (χ1n) is 10.1. The number of anilines is 1. The number of imide groups is 1. The van der Waals surface area contributed by atoms with Crippen LogP contribution >= 0.6 is 0 Å². The summed E-state index contributed by atoms with van der Waals surface area (Å²) in [6, 6.07) is 6.69. The van der Waals surface area contributed by atoms with Gasteiger partial charge in [-0.2, -0.15) is 18.3 Å². The van der Waals surface area contributed by atoms with E-state index >= 15 is 0 Å². The van der Waals surface area contributed by atoms with Gasteiger partial charge in [0.2, 0.25) is 5.91 Å². The van der Waals surface area contributed by atoms with Crippen molar-refractivity contribution in [3.05, 3.63) is 59.5 Å². The molecular weight excluding hydrogens is 425 g/mol.